The van der Waals surface area contributed by atoms with Crippen LogP contribution in [0.3, 0.4) is 0 Å². The smallest absolute Gasteiger partial charge is 0.274 e. The lowest BCUT2D eigenvalue weighted by Gasteiger charge is -2.06. The normalized spacial score (nSPS) is 10.4. The molecule has 19 heavy (non-hydrogen) atoms. The zero-order chi connectivity index (χ0) is 13.7. The average molecular weight is 264 g/mol. The molecule has 0 spiro atoms. The van der Waals surface area contributed by atoms with E-state index in [2.05, 4.69) is 10.4 Å². The average Bonchev–Trinajstić information content (AvgIpc) is 2.87. The highest BCUT2D eigenvalue weighted by atomic mass is 19.1. The van der Waals surface area contributed by atoms with Crippen LogP contribution in [0.5, 0.6) is 0 Å². The first-order valence-electron chi connectivity index (χ1n) is 5.81. The molecule has 0 atom stereocenters. The topological polar surface area (TPSA) is 73.0 Å². The fourth-order valence-electron chi connectivity index (χ4n) is 1.69. The van der Waals surface area contributed by atoms with Crippen molar-refractivity contribution < 1.29 is 9.31 Å². The van der Waals surface area contributed by atoms with E-state index in [1.807, 2.05) is 12.3 Å². The number of aryl methyl sites for hydroxylation is 1. The third-order valence-electron chi connectivity index (χ3n) is 2.55. The van der Waals surface area contributed by atoms with Crippen LogP contribution in [0, 0.1) is 15.9 Å². The highest BCUT2D eigenvalue weighted by molar-refractivity contribution is 5.51. The summed E-state index contributed by atoms with van der Waals surface area (Å²) in [6, 6.07) is 5.29. The maximum atomic E-state index is 13.2. The molecule has 0 radical (unpaired) electrons. The molecule has 0 amide bonds. The van der Waals surface area contributed by atoms with Crippen molar-refractivity contribution in [2.45, 2.75) is 13.0 Å². The SMILES string of the molecule is O=[N+]([O-])c1cc(F)cc(NCCCn2cccn2)c1. The number of non-ortho nitro benzene ring substituents is 1. The van der Waals surface area contributed by atoms with Crippen LogP contribution in [0.15, 0.2) is 36.7 Å². The number of nitrogens with zero attached hydrogens (tertiary/aromatic N) is 3. The summed E-state index contributed by atoms with van der Waals surface area (Å²) in [5.74, 6) is -0.622. The van der Waals surface area contributed by atoms with Crippen LogP contribution in [0.2, 0.25) is 0 Å². The quantitative estimate of drug-likeness (QED) is 0.494. The van der Waals surface area contributed by atoms with Crippen LogP contribution >= 0.6 is 0 Å². The second-order valence-corrected chi connectivity index (χ2v) is 4.00. The van der Waals surface area contributed by atoms with Crippen LogP contribution in [0.25, 0.3) is 0 Å². The summed E-state index contributed by atoms with van der Waals surface area (Å²) in [5, 5.41) is 17.6. The van der Waals surface area contributed by atoms with Crippen LogP contribution < -0.4 is 5.32 Å². The molecule has 0 saturated heterocycles. The maximum absolute atomic E-state index is 13.2. The van der Waals surface area contributed by atoms with Gasteiger partial charge in [-0.15, -0.1) is 0 Å². The molecule has 0 aliphatic rings. The molecule has 1 heterocycles. The summed E-state index contributed by atoms with van der Waals surface area (Å²) < 4.78 is 14.9. The van der Waals surface area contributed by atoms with E-state index >= 15 is 0 Å². The third-order valence-corrected chi connectivity index (χ3v) is 2.55. The van der Waals surface area contributed by atoms with Crippen LogP contribution in [0.4, 0.5) is 15.8 Å². The lowest BCUT2D eigenvalue weighted by atomic mass is 10.2. The molecule has 6 nitrogen and oxygen atoms in total. The number of nitrogens with one attached hydrogen (secondary N) is 1. The van der Waals surface area contributed by atoms with E-state index in [4.69, 9.17) is 0 Å². The van der Waals surface area contributed by atoms with Gasteiger partial charge in [-0.3, -0.25) is 14.8 Å². The van der Waals surface area contributed by atoms with Crippen molar-refractivity contribution in [1.82, 2.24) is 9.78 Å². The van der Waals surface area contributed by atoms with E-state index in [1.165, 1.54) is 12.1 Å². The summed E-state index contributed by atoms with van der Waals surface area (Å²) in [5.41, 5.74) is 0.154. The van der Waals surface area contributed by atoms with Crippen molar-refractivity contribution in [2.24, 2.45) is 0 Å². The van der Waals surface area contributed by atoms with Crippen molar-refractivity contribution in [3.8, 4) is 0 Å². The molecule has 0 aliphatic heterocycles. The Kier molecular flexibility index (Phi) is 4.07. The predicted molar refractivity (Wildman–Crippen MR) is 68.4 cm³/mol. The molecule has 0 bridgehead atoms. The first kappa shape index (κ1) is 13.0. The second kappa shape index (κ2) is 5.94. The van der Waals surface area contributed by atoms with Gasteiger partial charge in [-0.2, -0.15) is 5.10 Å². The predicted octanol–water partition coefficient (Wildman–Crippen LogP) is 2.43. The minimum Gasteiger partial charge on any atom is -0.385 e. The number of halogens is 1. The van der Waals surface area contributed by atoms with Gasteiger partial charge in [-0.1, -0.05) is 0 Å². The molecule has 2 aromatic rings. The van der Waals surface area contributed by atoms with E-state index in [1.54, 1.807) is 10.9 Å². The van der Waals surface area contributed by atoms with E-state index in [0.29, 0.717) is 12.2 Å². The van der Waals surface area contributed by atoms with Gasteiger partial charge in [0.1, 0.15) is 5.82 Å². The van der Waals surface area contributed by atoms with Crippen LogP contribution in [0.1, 0.15) is 6.42 Å². The van der Waals surface area contributed by atoms with Gasteiger partial charge in [0.15, 0.2) is 0 Å². The zero-order valence-corrected chi connectivity index (χ0v) is 10.1. The van der Waals surface area contributed by atoms with E-state index in [-0.39, 0.29) is 5.69 Å². The molecule has 0 aliphatic carbocycles. The van der Waals surface area contributed by atoms with Gasteiger partial charge in [0.25, 0.3) is 5.69 Å². The Morgan fingerprint density at radius 2 is 2.26 bits per heavy atom. The molecular weight excluding hydrogens is 251 g/mol. The molecule has 2 rings (SSSR count). The van der Waals surface area contributed by atoms with Gasteiger partial charge >= 0.3 is 0 Å². The van der Waals surface area contributed by atoms with Gasteiger partial charge in [-0.25, -0.2) is 4.39 Å². The third kappa shape index (κ3) is 3.77. The number of nitro groups is 1. The summed E-state index contributed by atoms with van der Waals surface area (Å²) in [7, 11) is 0. The second-order valence-electron chi connectivity index (χ2n) is 4.00. The highest BCUT2D eigenvalue weighted by Gasteiger charge is 2.09. The standard InChI is InChI=1S/C12H13FN4O2/c13-10-7-11(9-12(8-10)17(18)19)14-3-1-5-16-6-2-4-15-16/h2,4,6-9,14H,1,3,5H2. The lowest BCUT2D eigenvalue weighted by Crippen LogP contribution is -2.07. The van der Waals surface area contributed by atoms with E-state index < -0.39 is 10.7 Å². The van der Waals surface area contributed by atoms with Crippen LogP contribution in [-0.2, 0) is 6.54 Å². The van der Waals surface area contributed by atoms with Gasteiger partial charge in [0.2, 0.25) is 0 Å². The van der Waals surface area contributed by atoms with E-state index in [9.17, 15) is 14.5 Å². The number of anilines is 1. The first-order chi connectivity index (χ1) is 9.15. The van der Waals surface area contributed by atoms with Crippen molar-refractivity contribution in [3.63, 3.8) is 0 Å². The van der Waals surface area contributed by atoms with Crippen molar-refractivity contribution >= 4 is 11.4 Å². The minimum atomic E-state index is -0.622. The largest absolute Gasteiger partial charge is 0.385 e. The summed E-state index contributed by atoms with van der Waals surface area (Å²) >= 11 is 0. The van der Waals surface area contributed by atoms with Crippen molar-refractivity contribution in [3.05, 3.63) is 52.6 Å². The van der Waals surface area contributed by atoms with Gasteiger partial charge < -0.3 is 5.32 Å². The number of nitro benzene ring substituents is 1. The zero-order valence-electron chi connectivity index (χ0n) is 10.1. The molecule has 0 unspecified atom stereocenters. The first-order valence-corrected chi connectivity index (χ1v) is 5.81. The Hall–Kier alpha value is -2.44. The Labute approximate surface area is 109 Å². The molecule has 1 N–H and O–H groups in total. The summed E-state index contributed by atoms with van der Waals surface area (Å²) in [4.78, 5) is 9.98. The minimum absolute atomic E-state index is 0.255. The molecule has 100 valence electrons. The fourth-order valence-corrected chi connectivity index (χ4v) is 1.69. The van der Waals surface area contributed by atoms with Crippen LogP contribution in [-0.4, -0.2) is 21.2 Å². The Morgan fingerprint density at radius 3 is 2.95 bits per heavy atom. The summed E-state index contributed by atoms with van der Waals surface area (Å²) in [6.07, 6.45) is 4.34. The molecule has 0 fully saturated rings. The summed E-state index contributed by atoms with van der Waals surface area (Å²) in [6.45, 7) is 1.32. The fraction of sp³-hybridized carbons (Fsp3) is 0.250. The Bertz CT molecular complexity index is 557. The lowest BCUT2D eigenvalue weighted by molar-refractivity contribution is -0.385. The number of hydrogen-bond acceptors (Lipinski definition) is 4. The Balaban J connectivity index is 1.87. The molecule has 1 aromatic carbocycles. The van der Waals surface area contributed by atoms with Gasteiger partial charge in [0, 0.05) is 37.2 Å². The molecule has 0 saturated carbocycles. The monoisotopic (exact) mass is 264 g/mol. The number of aromatic nitrogens is 2. The van der Waals surface area contributed by atoms with Crippen molar-refractivity contribution in [2.75, 3.05) is 11.9 Å². The maximum Gasteiger partial charge on any atom is 0.274 e. The number of benzene rings is 1. The number of rotatable bonds is 6. The Morgan fingerprint density at radius 1 is 1.42 bits per heavy atom. The molecular formula is C12H13FN4O2. The number of hydrogen-bond donors (Lipinski definition) is 1. The van der Waals surface area contributed by atoms with E-state index in [0.717, 1.165) is 19.0 Å². The van der Waals surface area contributed by atoms with Gasteiger partial charge in [0.05, 0.1) is 11.0 Å². The highest BCUT2D eigenvalue weighted by Crippen LogP contribution is 2.19. The molecule has 7 heteroatoms. The molecule has 1 aromatic heterocycles. The van der Waals surface area contributed by atoms with Crippen molar-refractivity contribution in [1.29, 1.82) is 0 Å². The van der Waals surface area contributed by atoms with Gasteiger partial charge in [-0.05, 0) is 18.6 Å².